The van der Waals surface area contributed by atoms with Crippen molar-refractivity contribution in [2.45, 2.75) is 37.8 Å². The zero-order valence-electron chi connectivity index (χ0n) is 15.1. The van der Waals surface area contributed by atoms with Gasteiger partial charge in [-0.05, 0) is 45.8 Å². The molecule has 24 heavy (non-hydrogen) atoms. The van der Waals surface area contributed by atoms with E-state index in [-0.39, 0.29) is 12.7 Å². The maximum absolute atomic E-state index is 9.10. The van der Waals surface area contributed by atoms with Gasteiger partial charge in [-0.1, -0.05) is 0 Å². The third kappa shape index (κ3) is 4.36. The van der Waals surface area contributed by atoms with Crippen LogP contribution >= 0.6 is 0 Å². The van der Waals surface area contributed by atoms with Crippen molar-refractivity contribution in [3.63, 3.8) is 0 Å². The smallest absolute Gasteiger partial charge is 0.0895 e. The predicted molar refractivity (Wildman–Crippen MR) is 93.8 cm³/mol. The van der Waals surface area contributed by atoms with E-state index in [0.717, 1.165) is 39.2 Å². The van der Waals surface area contributed by atoms with E-state index in [4.69, 9.17) is 9.84 Å². The number of hydrogen-bond donors (Lipinski definition) is 1. The maximum Gasteiger partial charge on any atom is 0.0895 e. The predicted octanol–water partition coefficient (Wildman–Crippen LogP) is 1.28. The van der Waals surface area contributed by atoms with Crippen molar-refractivity contribution in [2.24, 2.45) is 13.0 Å². The summed E-state index contributed by atoms with van der Waals surface area (Å²) in [6.07, 6.45) is 9.05. The average molecular weight is 336 g/mol. The Labute approximate surface area is 145 Å². The van der Waals surface area contributed by atoms with E-state index in [1.807, 2.05) is 17.9 Å². The van der Waals surface area contributed by atoms with Crippen LogP contribution in [0, 0.1) is 5.92 Å². The molecule has 0 radical (unpaired) electrons. The molecule has 3 rings (SSSR count). The van der Waals surface area contributed by atoms with Gasteiger partial charge in [0.05, 0.1) is 18.9 Å². The molecule has 0 aromatic carbocycles. The first-order valence-electron chi connectivity index (χ1n) is 9.31. The van der Waals surface area contributed by atoms with E-state index >= 15 is 0 Å². The fourth-order valence-corrected chi connectivity index (χ4v) is 4.20. The molecule has 0 spiro atoms. The van der Waals surface area contributed by atoms with Crippen LogP contribution in [0.15, 0.2) is 12.4 Å². The highest BCUT2D eigenvalue weighted by atomic mass is 16.5. The highest BCUT2D eigenvalue weighted by Gasteiger charge is 2.31. The summed E-state index contributed by atoms with van der Waals surface area (Å²) in [7, 11) is 4.10. The first-order valence-corrected chi connectivity index (χ1v) is 9.31. The Balaban J connectivity index is 1.53. The molecule has 1 aromatic rings. The number of piperidine rings is 1. The number of rotatable bonds is 6. The highest BCUT2D eigenvalue weighted by Crippen LogP contribution is 2.34. The lowest BCUT2D eigenvalue weighted by atomic mass is 9.89. The summed E-state index contributed by atoms with van der Waals surface area (Å²) in [4.78, 5) is 4.91. The Morgan fingerprint density at radius 3 is 2.79 bits per heavy atom. The number of nitrogens with zero attached hydrogens (tertiary/aromatic N) is 4. The van der Waals surface area contributed by atoms with Crippen LogP contribution < -0.4 is 0 Å². The minimum Gasteiger partial charge on any atom is -0.395 e. The summed E-state index contributed by atoms with van der Waals surface area (Å²) < 4.78 is 7.97. The van der Waals surface area contributed by atoms with Gasteiger partial charge in [-0.2, -0.15) is 5.10 Å². The second kappa shape index (κ2) is 8.43. The Kier molecular flexibility index (Phi) is 6.27. The van der Waals surface area contributed by atoms with Crippen LogP contribution in [0.2, 0.25) is 0 Å². The van der Waals surface area contributed by atoms with Gasteiger partial charge in [0.25, 0.3) is 0 Å². The van der Waals surface area contributed by atoms with Crippen LogP contribution in [-0.4, -0.2) is 77.2 Å². The quantitative estimate of drug-likeness (QED) is 0.848. The second-order valence-electron chi connectivity index (χ2n) is 7.38. The topological polar surface area (TPSA) is 53.8 Å². The summed E-state index contributed by atoms with van der Waals surface area (Å²) >= 11 is 0. The first-order chi connectivity index (χ1) is 11.7. The number of aliphatic hydroxyl groups excluding tert-OH is 1. The van der Waals surface area contributed by atoms with Crippen molar-refractivity contribution >= 4 is 0 Å². The molecule has 136 valence electrons. The minimum atomic E-state index is 0.197. The monoisotopic (exact) mass is 336 g/mol. The number of aromatic nitrogens is 2. The fraction of sp³-hybridized carbons (Fsp3) is 0.833. The third-order valence-corrected chi connectivity index (χ3v) is 5.62. The van der Waals surface area contributed by atoms with Gasteiger partial charge in [0.15, 0.2) is 0 Å². The summed E-state index contributed by atoms with van der Waals surface area (Å²) in [6.45, 7) is 5.32. The molecule has 0 saturated carbocycles. The summed E-state index contributed by atoms with van der Waals surface area (Å²) in [5.41, 5.74) is 1.22. The summed E-state index contributed by atoms with van der Waals surface area (Å²) in [5.74, 6) is 0.565. The SMILES string of the molecule is CN(CCO)C1CCN(C[C@@H]2CCCO[C@H]2c2cnn(C)c2)CC1. The molecule has 2 aliphatic rings. The fourth-order valence-electron chi connectivity index (χ4n) is 4.20. The average Bonchev–Trinajstić information content (AvgIpc) is 3.02. The van der Waals surface area contributed by atoms with E-state index in [9.17, 15) is 0 Å². The Bertz CT molecular complexity index is 499. The zero-order chi connectivity index (χ0) is 16.9. The van der Waals surface area contributed by atoms with Crippen molar-refractivity contribution in [3.05, 3.63) is 18.0 Å². The van der Waals surface area contributed by atoms with Crippen molar-refractivity contribution < 1.29 is 9.84 Å². The van der Waals surface area contributed by atoms with Crippen molar-refractivity contribution in [1.29, 1.82) is 0 Å². The van der Waals surface area contributed by atoms with Gasteiger partial charge in [0, 0.05) is 50.5 Å². The van der Waals surface area contributed by atoms with Gasteiger partial charge in [0.2, 0.25) is 0 Å². The molecule has 2 saturated heterocycles. The molecular weight excluding hydrogens is 304 g/mol. The lowest BCUT2D eigenvalue weighted by molar-refractivity contribution is -0.0424. The molecule has 0 amide bonds. The summed E-state index contributed by atoms with van der Waals surface area (Å²) in [5, 5.41) is 13.4. The molecule has 6 heteroatoms. The van der Waals surface area contributed by atoms with E-state index in [0.29, 0.717) is 12.0 Å². The Morgan fingerprint density at radius 2 is 2.12 bits per heavy atom. The summed E-state index contributed by atoms with van der Waals surface area (Å²) in [6, 6.07) is 0.616. The van der Waals surface area contributed by atoms with Gasteiger partial charge in [-0.15, -0.1) is 0 Å². The molecule has 0 unspecified atom stereocenters. The first kappa shape index (κ1) is 17.9. The van der Waals surface area contributed by atoms with E-state index in [2.05, 4.69) is 28.1 Å². The molecule has 2 atom stereocenters. The lowest BCUT2D eigenvalue weighted by Gasteiger charge is -2.40. The molecule has 3 heterocycles. The number of likely N-dealkylation sites (tertiary alicyclic amines) is 1. The van der Waals surface area contributed by atoms with Crippen molar-refractivity contribution in [3.8, 4) is 0 Å². The molecular formula is C18H32N4O2. The van der Waals surface area contributed by atoms with Crippen LogP contribution in [0.25, 0.3) is 0 Å². The van der Waals surface area contributed by atoms with Crippen LogP contribution in [0.3, 0.4) is 0 Å². The van der Waals surface area contributed by atoms with Gasteiger partial charge < -0.3 is 19.6 Å². The Hall–Kier alpha value is -0.950. The van der Waals surface area contributed by atoms with E-state index in [1.54, 1.807) is 0 Å². The van der Waals surface area contributed by atoms with Gasteiger partial charge in [0.1, 0.15) is 0 Å². The normalized spacial score (nSPS) is 27.0. The largest absolute Gasteiger partial charge is 0.395 e. The van der Waals surface area contributed by atoms with E-state index in [1.165, 1.54) is 24.8 Å². The van der Waals surface area contributed by atoms with Crippen LogP contribution in [0.4, 0.5) is 0 Å². The molecule has 6 nitrogen and oxygen atoms in total. The van der Waals surface area contributed by atoms with Crippen LogP contribution in [0.5, 0.6) is 0 Å². The van der Waals surface area contributed by atoms with Crippen LogP contribution in [-0.2, 0) is 11.8 Å². The zero-order valence-corrected chi connectivity index (χ0v) is 15.1. The number of aliphatic hydroxyl groups is 1. The van der Waals surface area contributed by atoms with Crippen molar-refractivity contribution in [1.82, 2.24) is 19.6 Å². The molecule has 0 aliphatic carbocycles. The maximum atomic E-state index is 9.10. The standard InChI is InChI=1S/C18H32N4O2/c1-20(9-10-23)17-5-7-22(8-6-17)14-15-4-3-11-24-18(15)16-12-19-21(2)13-16/h12-13,15,17-18,23H,3-11,14H2,1-2H3/t15-,18+/m0/s1. The second-order valence-corrected chi connectivity index (χ2v) is 7.38. The molecule has 2 fully saturated rings. The highest BCUT2D eigenvalue weighted by molar-refractivity contribution is 5.10. The number of likely N-dealkylation sites (N-methyl/N-ethyl adjacent to an activating group) is 1. The molecule has 2 aliphatic heterocycles. The van der Waals surface area contributed by atoms with E-state index < -0.39 is 0 Å². The third-order valence-electron chi connectivity index (χ3n) is 5.62. The van der Waals surface area contributed by atoms with Gasteiger partial charge in [-0.3, -0.25) is 4.68 Å². The van der Waals surface area contributed by atoms with Gasteiger partial charge >= 0.3 is 0 Å². The number of aryl methyl sites for hydroxylation is 1. The number of ether oxygens (including phenoxy) is 1. The Morgan fingerprint density at radius 1 is 1.33 bits per heavy atom. The molecule has 1 aromatic heterocycles. The molecule has 1 N–H and O–H groups in total. The van der Waals surface area contributed by atoms with Crippen molar-refractivity contribution in [2.75, 3.05) is 46.4 Å². The molecule has 0 bridgehead atoms. The van der Waals surface area contributed by atoms with Gasteiger partial charge in [-0.25, -0.2) is 0 Å². The lowest BCUT2D eigenvalue weighted by Crippen LogP contribution is -2.46. The minimum absolute atomic E-state index is 0.197. The van der Waals surface area contributed by atoms with Crippen LogP contribution in [0.1, 0.15) is 37.4 Å². The number of hydrogen-bond acceptors (Lipinski definition) is 5.